The van der Waals surface area contributed by atoms with Gasteiger partial charge in [-0.2, -0.15) is 0 Å². The van der Waals surface area contributed by atoms with Gasteiger partial charge in [0.05, 0.1) is 5.41 Å². The average molecular weight is 485 g/mol. The van der Waals surface area contributed by atoms with E-state index in [1.165, 1.54) is 5.57 Å². The fraction of sp³-hybridized carbons (Fsp3) is 0.871. The molecular weight excluding hydrogens is 436 g/mol. The summed E-state index contributed by atoms with van der Waals surface area (Å²) in [7, 11) is 1.70. The lowest BCUT2D eigenvalue weighted by atomic mass is 9.33. The number of rotatable bonds is 2. The molecular formula is C31H48O4. The maximum absolute atomic E-state index is 13.3. The Morgan fingerprint density at radius 3 is 2.23 bits per heavy atom. The zero-order valence-electron chi connectivity index (χ0n) is 23.4. The first kappa shape index (κ1) is 25.5. The molecule has 4 saturated carbocycles. The third-order valence-electron chi connectivity index (χ3n) is 13.0. The predicted molar refractivity (Wildman–Crippen MR) is 138 cm³/mol. The lowest BCUT2D eigenvalue weighted by Gasteiger charge is -2.70. The molecule has 0 bridgehead atoms. The van der Waals surface area contributed by atoms with E-state index in [9.17, 15) is 14.7 Å². The second kappa shape index (κ2) is 7.45. The third kappa shape index (κ3) is 3.07. The Balaban J connectivity index is 1.61. The number of carboxylic acids is 1. The van der Waals surface area contributed by atoms with E-state index in [1.54, 1.807) is 7.11 Å². The van der Waals surface area contributed by atoms with Gasteiger partial charge in [-0.1, -0.05) is 60.1 Å². The van der Waals surface area contributed by atoms with Crippen LogP contribution in [0.15, 0.2) is 11.6 Å². The number of ether oxygens (including phenoxy) is 1. The number of carbonyl (C=O) groups excluding carboxylic acids is 1. The summed E-state index contributed by atoms with van der Waals surface area (Å²) >= 11 is 0. The van der Waals surface area contributed by atoms with Crippen molar-refractivity contribution in [3.8, 4) is 0 Å². The van der Waals surface area contributed by atoms with E-state index in [-0.39, 0.29) is 44.9 Å². The first-order valence-electron chi connectivity index (χ1n) is 14.1. The molecule has 5 aliphatic rings. The Hall–Kier alpha value is -1.16. The number of hydrogen-bond acceptors (Lipinski definition) is 3. The minimum atomic E-state index is -0.592. The van der Waals surface area contributed by atoms with Crippen molar-refractivity contribution >= 4 is 11.8 Å². The van der Waals surface area contributed by atoms with Gasteiger partial charge in [0.2, 0.25) is 0 Å². The fourth-order valence-electron chi connectivity index (χ4n) is 10.7. The van der Waals surface area contributed by atoms with Gasteiger partial charge in [0, 0.05) is 12.5 Å². The van der Waals surface area contributed by atoms with Gasteiger partial charge in [-0.15, -0.1) is 0 Å². The summed E-state index contributed by atoms with van der Waals surface area (Å²) in [4.78, 5) is 26.1. The smallest absolute Gasteiger partial charge is 0.310 e. The van der Waals surface area contributed by atoms with Gasteiger partial charge in [0.25, 0.3) is 0 Å². The largest absolute Gasteiger partial charge is 0.481 e. The molecule has 0 aliphatic heterocycles. The molecule has 0 amide bonds. The number of allylic oxidation sites excluding steroid dienone is 2. The maximum atomic E-state index is 13.3. The number of aliphatic carboxylic acids is 1. The Kier molecular flexibility index (Phi) is 5.43. The molecule has 4 nitrogen and oxygen atoms in total. The Labute approximate surface area is 212 Å². The zero-order valence-corrected chi connectivity index (χ0v) is 23.4. The molecule has 5 rings (SSSR count). The van der Waals surface area contributed by atoms with Gasteiger partial charge in [0.1, 0.15) is 6.10 Å². The third-order valence-corrected chi connectivity index (χ3v) is 13.0. The van der Waals surface area contributed by atoms with E-state index in [0.717, 1.165) is 57.8 Å². The molecule has 1 N–H and O–H groups in total. The molecule has 5 aliphatic carbocycles. The molecule has 35 heavy (non-hydrogen) atoms. The Morgan fingerprint density at radius 1 is 0.943 bits per heavy atom. The number of carboxylic acid groups (broad SMARTS) is 1. The quantitative estimate of drug-likeness (QED) is 0.426. The second-order valence-corrected chi connectivity index (χ2v) is 15.2. The highest BCUT2D eigenvalue weighted by Crippen LogP contribution is 2.75. The highest BCUT2D eigenvalue weighted by atomic mass is 16.5. The molecule has 4 fully saturated rings. The molecule has 4 heteroatoms. The number of ketones is 1. The summed E-state index contributed by atoms with van der Waals surface area (Å²) in [5.41, 5.74) is 0.823. The molecule has 0 saturated heterocycles. The van der Waals surface area contributed by atoms with Crippen LogP contribution in [0.25, 0.3) is 0 Å². The molecule has 0 spiro atoms. The minimum absolute atomic E-state index is 0.00903. The van der Waals surface area contributed by atoms with Crippen LogP contribution in [0.2, 0.25) is 0 Å². The average Bonchev–Trinajstić information content (AvgIpc) is 2.76. The van der Waals surface area contributed by atoms with Crippen LogP contribution < -0.4 is 0 Å². The van der Waals surface area contributed by atoms with Crippen molar-refractivity contribution in [2.75, 3.05) is 7.11 Å². The van der Waals surface area contributed by atoms with Crippen molar-refractivity contribution in [1.29, 1.82) is 0 Å². The van der Waals surface area contributed by atoms with E-state index in [0.29, 0.717) is 11.8 Å². The molecule has 1 unspecified atom stereocenters. The number of Topliss-reactive ketones (excluding diaryl/α,β-unsaturated/α-hetero) is 1. The van der Waals surface area contributed by atoms with Gasteiger partial charge >= 0.3 is 5.97 Å². The van der Waals surface area contributed by atoms with Crippen LogP contribution in [0.1, 0.15) is 106 Å². The van der Waals surface area contributed by atoms with Crippen LogP contribution in [0.5, 0.6) is 0 Å². The molecule has 0 radical (unpaired) electrons. The minimum Gasteiger partial charge on any atom is -0.481 e. The van der Waals surface area contributed by atoms with E-state index in [4.69, 9.17) is 4.74 Å². The van der Waals surface area contributed by atoms with Crippen molar-refractivity contribution in [3.05, 3.63) is 11.6 Å². The molecule has 196 valence electrons. The van der Waals surface area contributed by atoms with Crippen LogP contribution in [0, 0.1) is 50.2 Å². The van der Waals surface area contributed by atoms with Crippen molar-refractivity contribution in [1.82, 2.24) is 0 Å². The SMILES string of the molecule is COC1C[C@]2(C)[C@H]3CC=C4[C@@H]5CC(C)(C)CC[C@]5(C(=O)O)CC[C@@]4(C)[C@]3(C)CC[C@H]2C(C)(C)C1=O. The lowest BCUT2D eigenvalue weighted by molar-refractivity contribution is -0.202. The van der Waals surface area contributed by atoms with Crippen LogP contribution in [-0.4, -0.2) is 30.1 Å². The summed E-state index contributed by atoms with van der Waals surface area (Å²) in [6.07, 6.45) is 10.7. The summed E-state index contributed by atoms with van der Waals surface area (Å²) in [6, 6.07) is 0. The molecule has 0 aromatic rings. The first-order valence-corrected chi connectivity index (χ1v) is 14.1. The summed E-state index contributed by atoms with van der Waals surface area (Å²) in [6.45, 7) is 16.4. The summed E-state index contributed by atoms with van der Waals surface area (Å²) < 4.78 is 5.80. The van der Waals surface area contributed by atoms with Gasteiger partial charge in [-0.25, -0.2) is 0 Å². The summed E-state index contributed by atoms with van der Waals surface area (Å²) in [5, 5.41) is 10.5. The number of methoxy groups -OCH3 is 1. The fourth-order valence-corrected chi connectivity index (χ4v) is 10.7. The van der Waals surface area contributed by atoms with Crippen molar-refractivity contribution in [3.63, 3.8) is 0 Å². The normalized spacial score (nSPS) is 50.2. The van der Waals surface area contributed by atoms with Gasteiger partial charge < -0.3 is 9.84 Å². The second-order valence-electron chi connectivity index (χ2n) is 15.2. The predicted octanol–water partition coefficient (Wildman–Crippen LogP) is 7.07. The molecule has 0 heterocycles. The van der Waals surface area contributed by atoms with Gasteiger partial charge in [-0.05, 0) is 97.2 Å². The van der Waals surface area contributed by atoms with Crippen molar-refractivity contribution in [2.45, 2.75) is 112 Å². The molecule has 0 aromatic heterocycles. The first-order chi connectivity index (χ1) is 16.1. The van der Waals surface area contributed by atoms with Crippen LogP contribution in [-0.2, 0) is 14.3 Å². The zero-order chi connectivity index (χ0) is 25.8. The highest BCUT2D eigenvalue weighted by Gasteiger charge is 2.70. The maximum Gasteiger partial charge on any atom is 0.310 e. The lowest BCUT2D eigenvalue weighted by Crippen LogP contribution is -2.66. The van der Waals surface area contributed by atoms with E-state index in [1.807, 2.05) is 0 Å². The molecule has 8 atom stereocenters. The highest BCUT2D eigenvalue weighted by molar-refractivity contribution is 5.89. The van der Waals surface area contributed by atoms with E-state index < -0.39 is 11.4 Å². The van der Waals surface area contributed by atoms with Gasteiger partial charge in [-0.3, -0.25) is 9.59 Å². The van der Waals surface area contributed by atoms with E-state index in [2.05, 4.69) is 54.5 Å². The number of carbonyl (C=O) groups is 2. The van der Waals surface area contributed by atoms with Crippen LogP contribution in [0.4, 0.5) is 0 Å². The summed E-state index contributed by atoms with van der Waals surface area (Å²) in [5.74, 6) is 0.682. The molecule has 0 aromatic carbocycles. The number of hydrogen-bond donors (Lipinski definition) is 1. The standard InChI is InChI=1S/C31H48O4/c1-26(2)13-15-31(25(33)34)16-14-29(6)19(20(31)17-26)9-10-23-28(5)18-21(35-8)24(32)27(3,4)22(28)11-12-30(23,29)7/h9,20-23H,10-18H2,1-8H3,(H,33,34)/t20-,21?,22-,23+,28-,29+,30+,31-/m0/s1. The Bertz CT molecular complexity index is 976. The van der Waals surface area contributed by atoms with Crippen molar-refractivity contribution < 1.29 is 19.4 Å². The van der Waals surface area contributed by atoms with Crippen LogP contribution >= 0.6 is 0 Å². The van der Waals surface area contributed by atoms with Crippen molar-refractivity contribution in [2.24, 2.45) is 50.2 Å². The topological polar surface area (TPSA) is 63.6 Å². The van der Waals surface area contributed by atoms with Gasteiger partial charge in [0.15, 0.2) is 5.78 Å². The van der Waals surface area contributed by atoms with Crippen LogP contribution in [0.3, 0.4) is 0 Å². The Morgan fingerprint density at radius 2 is 1.60 bits per heavy atom. The van der Waals surface area contributed by atoms with E-state index >= 15 is 0 Å². The monoisotopic (exact) mass is 484 g/mol. The number of fused-ring (bicyclic) bond motifs is 7.